The van der Waals surface area contributed by atoms with Gasteiger partial charge >= 0.3 is 0 Å². The van der Waals surface area contributed by atoms with Gasteiger partial charge in [0, 0.05) is 12.0 Å². The molecule has 1 aromatic carbocycles. The molecule has 0 aliphatic rings. The minimum Gasteiger partial charge on any atom is -0.504 e. The van der Waals surface area contributed by atoms with Gasteiger partial charge in [-0.2, -0.15) is 0 Å². The number of halogens is 1. The quantitative estimate of drug-likeness (QED) is 0.607. The molecule has 0 radical (unpaired) electrons. The summed E-state index contributed by atoms with van der Waals surface area (Å²) in [6, 6.07) is 2.11. The molecule has 1 atom stereocenters. The molecule has 1 rings (SSSR count). The highest BCUT2D eigenvalue weighted by molar-refractivity contribution is 5.45. The lowest BCUT2D eigenvalue weighted by Crippen LogP contribution is -2.06. The van der Waals surface area contributed by atoms with Gasteiger partial charge in [-0.05, 0) is 19.1 Å². The Hall–Kier alpha value is -1.29. The molecule has 4 heteroatoms. The van der Waals surface area contributed by atoms with Crippen molar-refractivity contribution in [3.63, 3.8) is 0 Å². The van der Waals surface area contributed by atoms with Gasteiger partial charge in [-0.15, -0.1) is 0 Å². The highest BCUT2D eigenvalue weighted by Gasteiger charge is 2.13. The van der Waals surface area contributed by atoms with Gasteiger partial charge in [-0.3, -0.25) is 0 Å². The van der Waals surface area contributed by atoms with Crippen molar-refractivity contribution in [3.05, 3.63) is 23.5 Å². The van der Waals surface area contributed by atoms with Crippen LogP contribution in [0.15, 0.2) is 12.1 Å². The number of phenolic OH excluding ortho intramolecular Hbond substituents is 2. The molecule has 0 aromatic heterocycles. The maximum absolute atomic E-state index is 13.0. The first-order chi connectivity index (χ1) is 6.02. The van der Waals surface area contributed by atoms with E-state index in [-0.39, 0.29) is 17.7 Å². The average molecular weight is 186 g/mol. The maximum Gasteiger partial charge on any atom is 0.163 e. The molecule has 0 spiro atoms. The van der Waals surface area contributed by atoms with Crippen LogP contribution in [0.2, 0.25) is 0 Å². The summed E-state index contributed by atoms with van der Waals surface area (Å²) in [7, 11) is 0. The number of benzene rings is 1. The third kappa shape index (κ3) is 2.09. The number of aliphatic hydroxyl groups is 1. The third-order valence-electron chi connectivity index (χ3n) is 1.70. The van der Waals surface area contributed by atoms with Crippen molar-refractivity contribution < 1.29 is 19.7 Å². The minimum absolute atomic E-state index is 0.0218. The van der Waals surface area contributed by atoms with Crippen molar-refractivity contribution in [1.82, 2.24) is 0 Å². The normalized spacial score (nSPS) is 12.8. The fourth-order valence-electron chi connectivity index (χ4n) is 1.09. The number of hydrogen-bond donors (Lipinski definition) is 3. The SMILES string of the molecule is CC(O)Cc1c(F)ccc(O)c1O. The third-order valence-corrected chi connectivity index (χ3v) is 1.70. The Kier molecular flexibility index (Phi) is 2.72. The molecule has 0 bridgehead atoms. The molecule has 3 N–H and O–H groups in total. The maximum atomic E-state index is 13.0. The van der Waals surface area contributed by atoms with Gasteiger partial charge in [0.15, 0.2) is 11.5 Å². The Morgan fingerprint density at radius 3 is 2.54 bits per heavy atom. The molecule has 0 saturated carbocycles. The number of rotatable bonds is 2. The topological polar surface area (TPSA) is 60.7 Å². The lowest BCUT2D eigenvalue weighted by atomic mass is 10.1. The van der Waals surface area contributed by atoms with Gasteiger partial charge < -0.3 is 15.3 Å². The zero-order valence-corrected chi connectivity index (χ0v) is 7.16. The summed E-state index contributed by atoms with van der Waals surface area (Å²) in [5.41, 5.74) is -0.0602. The van der Waals surface area contributed by atoms with E-state index < -0.39 is 17.7 Å². The van der Waals surface area contributed by atoms with E-state index in [0.29, 0.717) is 0 Å². The standard InChI is InChI=1S/C9H11FO3/c1-5(11)4-6-7(10)2-3-8(12)9(6)13/h2-3,5,11-13H,4H2,1H3. The lowest BCUT2D eigenvalue weighted by Gasteiger charge is -2.08. The van der Waals surface area contributed by atoms with Crippen molar-refractivity contribution in [2.24, 2.45) is 0 Å². The Morgan fingerprint density at radius 2 is 2.00 bits per heavy atom. The van der Waals surface area contributed by atoms with Crippen LogP contribution in [-0.4, -0.2) is 21.4 Å². The van der Waals surface area contributed by atoms with E-state index in [4.69, 9.17) is 10.2 Å². The summed E-state index contributed by atoms with van der Waals surface area (Å²) < 4.78 is 13.0. The summed E-state index contributed by atoms with van der Waals surface area (Å²) in [5, 5.41) is 27.3. The van der Waals surface area contributed by atoms with Gasteiger partial charge in [0.2, 0.25) is 0 Å². The average Bonchev–Trinajstić information content (AvgIpc) is 2.05. The van der Waals surface area contributed by atoms with Crippen LogP contribution in [0.3, 0.4) is 0 Å². The van der Waals surface area contributed by atoms with Crippen LogP contribution in [0.25, 0.3) is 0 Å². The minimum atomic E-state index is -0.762. The first-order valence-electron chi connectivity index (χ1n) is 3.89. The number of aromatic hydroxyl groups is 2. The second-order valence-corrected chi connectivity index (χ2v) is 2.95. The predicted octanol–water partition coefficient (Wildman–Crippen LogP) is 1.16. The Labute approximate surface area is 75.1 Å². The van der Waals surface area contributed by atoms with Crippen molar-refractivity contribution in [2.75, 3.05) is 0 Å². The van der Waals surface area contributed by atoms with E-state index in [1.165, 1.54) is 6.92 Å². The van der Waals surface area contributed by atoms with Crippen molar-refractivity contribution >= 4 is 0 Å². The highest BCUT2D eigenvalue weighted by atomic mass is 19.1. The van der Waals surface area contributed by atoms with Crippen LogP contribution in [0.4, 0.5) is 4.39 Å². The largest absolute Gasteiger partial charge is 0.504 e. The molecule has 0 amide bonds. The van der Waals surface area contributed by atoms with Crippen molar-refractivity contribution in [3.8, 4) is 11.5 Å². The first-order valence-corrected chi connectivity index (χ1v) is 3.89. The van der Waals surface area contributed by atoms with Gasteiger partial charge in [-0.1, -0.05) is 0 Å². The smallest absolute Gasteiger partial charge is 0.163 e. The van der Waals surface area contributed by atoms with Crippen LogP contribution in [0.5, 0.6) is 11.5 Å². The molecular formula is C9H11FO3. The molecule has 72 valence electrons. The van der Waals surface area contributed by atoms with E-state index in [1.807, 2.05) is 0 Å². The highest BCUT2D eigenvalue weighted by Crippen LogP contribution is 2.31. The van der Waals surface area contributed by atoms with E-state index in [0.717, 1.165) is 12.1 Å². The molecule has 0 fully saturated rings. The summed E-state index contributed by atoms with van der Waals surface area (Å²) in [5.74, 6) is -1.51. The molecule has 0 heterocycles. The molecular weight excluding hydrogens is 175 g/mol. The first kappa shape index (κ1) is 9.80. The number of aliphatic hydroxyl groups excluding tert-OH is 1. The van der Waals surface area contributed by atoms with Crippen LogP contribution >= 0.6 is 0 Å². The summed E-state index contributed by atoms with van der Waals surface area (Å²) in [6.07, 6.45) is -0.784. The molecule has 1 unspecified atom stereocenters. The number of hydrogen-bond acceptors (Lipinski definition) is 3. The van der Waals surface area contributed by atoms with Crippen LogP contribution in [0, 0.1) is 5.82 Å². The van der Waals surface area contributed by atoms with Gasteiger partial charge in [0.25, 0.3) is 0 Å². The van der Waals surface area contributed by atoms with Crippen LogP contribution < -0.4 is 0 Å². The van der Waals surface area contributed by atoms with E-state index >= 15 is 0 Å². The van der Waals surface area contributed by atoms with E-state index in [2.05, 4.69) is 0 Å². The molecule has 3 nitrogen and oxygen atoms in total. The van der Waals surface area contributed by atoms with Gasteiger partial charge in [-0.25, -0.2) is 4.39 Å². The van der Waals surface area contributed by atoms with Crippen LogP contribution in [-0.2, 0) is 6.42 Å². The van der Waals surface area contributed by atoms with Crippen molar-refractivity contribution in [1.29, 1.82) is 0 Å². The molecule has 0 aliphatic heterocycles. The van der Waals surface area contributed by atoms with E-state index in [9.17, 15) is 9.50 Å². The van der Waals surface area contributed by atoms with E-state index in [1.54, 1.807) is 0 Å². The van der Waals surface area contributed by atoms with Gasteiger partial charge in [0.05, 0.1) is 6.10 Å². The summed E-state index contributed by atoms with van der Waals surface area (Å²) in [4.78, 5) is 0. The van der Waals surface area contributed by atoms with Crippen molar-refractivity contribution in [2.45, 2.75) is 19.4 Å². The molecule has 0 saturated heterocycles. The fraction of sp³-hybridized carbons (Fsp3) is 0.333. The Bertz CT molecular complexity index is 310. The van der Waals surface area contributed by atoms with Gasteiger partial charge in [0.1, 0.15) is 5.82 Å². The monoisotopic (exact) mass is 186 g/mol. The number of phenols is 2. The molecule has 1 aromatic rings. The zero-order valence-electron chi connectivity index (χ0n) is 7.16. The second kappa shape index (κ2) is 3.62. The Balaban J connectivity index is 3.10. The van der Waals surface area contributed by atoms with Crippen LogP contribution in [0.1, 0.15) is 12.5 Å². The lowest BCUT2D eigenvalue weighted by molar-refractivity contribution is 0.192. The Morgan fingerprint density at radius 1 is 1.38 bits per heavy atom. The fourth-order valence-corrected chi connectivity index (χ4v) is 1.09. The molecule has 0 aliphatic carbocycles. The predicted molar refractivity (Wildman–Crippen MR) is 45.1 cm³/mol. The summed E-state index contributed by atoms with van der Waals surface area (Å²) >= 11 is 0. The molecule has 13 heavy (non-hydrogen) atoms. The summed E-state index contributed by atoms with van der Waals surface area (Å²) in [6.45, 7) is 1.48. The second-order valence-electron chi connectivity index (χ2n) is 2.95. The zero-order chi connectivity index (χ0) is 10.0.